The Kier molecular flexibility index (Phi) is 4.46. The zero-order valence-electron chi connectivity index (χ0n) is 16.1. The largest absolute Gasteiger partial charge is 0.455 e. The number of hydrogen-bond acceptors (Lipinski definition) is 5. The molecule has 1 heterocycles. The lowest BCUT2D eigenvalue weighted by Gasteiger charge is -2.55. The summed E-state index contributed by atoms with van der Waals surface area (Å²) in [4.78, 5) is 26.5. The Morgan fingerprint density at radius 1 is 1.11 bits per heavy atom. The molecule has 5 aliphatic rings. The molecule has 0 radical (unpaired) electrons. The number of nitrogens with one attached hydrogen (secondary N) is 1. The first-order chi connectivity index (χ1) is 13.6. The molecule has 6 heteroatoms. The Labute approximate surface area is 169 Å². The molecule has 0 atom stereocenters. The average molecular weight is 399 g/mol. The number of aryl methyl sites for hydroxylation is 1. The number of amides is 1. The summed E-state index contributed by atoms with van der Waals surface area (Å²) in [6.45, 7) is -0.256. The second-order valence-corrected chi connectivity index (χ2v) is 10.5. The predicted molar refractivity (Wildman–Crippen MR) is 106 cm³/mol. The summed E-state index contributed by atoms with van der Waals surface area (Å²) >= 11 is 1.50. The third-order valence-corrected chi connectivity index (χ3v) is 8.55. The van der Waals surface area contributed by atoms with Crippen molar-refractivity contribution in [2.45, 2.75) is 64.2 Å². The van der Waals surface area contributed by atoms with Crippen LogP contribution in [0.25, 0.3) is 0 Å². The molecule has 148 valence electrons. The highest BCUT2D eigenvalue weighted by Crippen LogP contribution is 2.60. The Bertz CT molecular complexity index is 831. The molecule has 6 rings (SSSR count). The van der Waals surface area contributed by atoms with Crippen molar-refractivity contribution in [2.75, 3.05) is 11.9 Å². The molecular formula is C22H26N2O3S. The highest BCUT2D eigenvalue weighted by atomic mass is 32.1. The van der Waals surface area contributed by atoms with Gasteiger partial charge in [0.1, 0.15) is 11.1 Å². The molecule has 1 aromatic heterocycles. The number of nitriles is 1. The fraction of sp³-hybridized carbons (Fsp3) is 0.682. The highest BCUT2D eigenvalue weighted by Gasteiger charge is 2.55. The monoisotopic (exact) mass is 398 g/mol. The molecule has 0 aliphatic heterocycles. The Balaban J connectivity index is 1.22. The average Bonchev–Trinajstić information content (AvgIpc) is 3.01. The molecule has 4 saturated carbocycles. The van der Waals surface area contributed by atoms with Crippen molar-refractivity contribution in [3.63, 3.8) is 0 Å². The van der Waals surface area contributed by atoms with E-state index in [2.05, 4.69) is 11.4 Å². The molecule has 5 nitrogen and oxygen atoms in total. The number of hydrogen-bond donors (Lipinski definition) is 1. The van der Waals surface area contributed by atoms with Crippen LogP contribution >= 0.6 is 11.3 Å². The van der Waals surface area contributed by atoms with E-state index in [0.29, 0.717) is 28.3 Å². The molecular weight excluding hydrogens is 372 g/mol. The number of rotatable bonds is 4. The first kappa shape index (κ1) is 18.2. The first-order valence-corrected chi connectivity index (χ1v) is 11.4. The summed E-state index contributed by atoms with van der Waals surface area (Å²) in [5.74, 6) is 1.50. The Morgan fingerprint density at radius 3 is 2.39 bits per heavy atom. The van der Waals surface area contributed by atoms with Crippen LogP contribution in [-0.4, -0.2) is 18.5 Å². The van der Waals surface area contributed by atoms with Crippen LogP contribution in [0.2, 0.25) is 0 Å². The number of thiophene rings is 1. The van der Waals surface area contributed by atoms with E-state index < -0.39 is 0 Å². The number of nitrogens with zero attached hydrogens (tertiary/aromatic N) is 1. The molecule has 1 amide bonds. The number of carbonyl (C=O) groups is 2. The topological polar surface area (TPSA) is 79.2 Å². The summed E-state index contributed by atoms with van der Waals surface area (Å²) in [5.41, 5.74) is 1.36. The van der Waals surface area contributed by atoms with Crippen LogP contribution in [0.4, 0.5) is 5.00 Å². The number of fused-ring (bicyclic) bond motifs is 1. The SMILES string of the molecule is N#Cc1c(NC(=O)COC(=O)C23CC4CC(CC(C4)C2)C3)sc2c1CCCC2. The summed E-state index contributed by atoms with van der Waals surface area (Å²) in [6, 6.07) is 2.25. The van der Waals surface area contributed by atoms with Crippen LogP contribution < -0.4 is 5.32 Å². The molecule has 5 aliphatic carbocycles. The van der Waals surface area contributed by atoms with Gasteiger partial charge in [-0.2, -0.15) is 5.26 Å². The van der Waals surface area contributed by atoms with Gasteiger partial charge in [-0.1, -0.05) is 0 Å². The zero-order chi connectivity index (χ0) is 19.3. The first-order valence-electron chi connectivity index (χ1n) is 10.6. The second-order valence-electron chi connectivity index (χ2n) is 9.35. The lowest BCUT2D eigenvalue weighted by Crippen LogP contribution is -2.50. The molecule has 0 spiro atoms. The fourth-order valence-electron chi connectivity index (χ4n) is 6.58. The van der Waals surface area contributed by atoms with Crippen molar-refractivity contribution < 1.29 is 14.3 Å². The van der Waals surface area contributed by atoms with E-state index in [1.54, 1.807) is 0 Å². The van der Waals surface area contributed by atoms with Crippen LogP contribution in [0.3, 0.4) is 0 Å². The maximum atomic E-state index is 12.9. The van der Waals surface area contributed by atoms with Crippen molar-refractivity contribution >= 4 is 28.2 Å². The molecule has 0 aromatic carbocycles. The van der Waals surface area contributed by atoms with Gasteiger partial charge in [0.25, 0.3) is 5.91 Å². The second kappa shape index (κ2) is 6.88. The van der Waals surface area contributed by atoms with E-state index in [1.165, 1.54) is 35.5 Å². The Hall–Kier alpha value is -1.87. The summed E-state index contributed by atoms with van der Waals surface area (Å²) < 4.78 is 5.51. The number of esters is 1. The maximum Gasteiger partial charge on any atom is 0.312 e. The van der Waals surface area contributed by atoms with E-state index in [0.717, 1.165) is 50.5 Å². The molecule has 1 aromatic rings. The third kappa shape index (κ3) is 3.04. The zero-order valence-corrected chi connectivity index (χ0v) is 16.9. The van der Waals surface area contributed by atoms with Gasteiger partial charge in [0.2, 0.25) is 0 Å². The van der Waals surface area contributed by atoms with Crippen molar-refractivity contribution in [1.29, 1.82) is 5.26 Å². The van der Waals surface area contributed by atoms with Crippen LogP contribution in [0.1, 0.15) is 67.4 Å². The van der Waals surface area contributed by atoms with Crippen molar-refractivity contribution in [1.82, 2.24) is 0 Å². The summed E-state index contributed by atoms with van der Waals surface area (Å²) in [6.07, 6.45) is 10.7. The minimum atomic E-state index is -0.340. The molecule has 4 bridgehead atoms. The van der Waals surface area contributed by atoms with Crippen molar-refractivity contribution in [2.24, 2.45) is 23.2 Å². The normalized spacial score (nSPS) is 32.5. The van der Waals surface area contributed by atoms with E-state index in [9.17, 15) is 14.9 Å². The van der Waals surface area contributed by atoms with Crippen LogP contribution in [0, 0.1) is 34.5 Å². The number of anilines is 1. The lowest BCUT2D eigenvalue weighted by atomic mass is 9.49. The standard InChI is InChI=1S/C22H26N2O3S/c23-11-17-16-3-1-2-4-18(16)28-20(17)24-19(25)12-27-21(26)22-8-13-5-14(9-22)7-15(6-13)10-22/h13-15H,1-10,12H2,(H,24,25). The van der Waals surface area contributed by atoms with E-state index >= 15 is 0 Å². The third-order valence-electron chi connectivity index (χ3n) is 7.34. The van der Waals surface area contributed by atoms with Crippen LogP contribution in [0.15, 0.2) is 0 Å². The van der Waals surface area contributed by atoms with Gasteiger partial charge in [0.15, 0.2) is 6.61 Å². The van der Waals surface area contributed by atoms with Gasteiger partial charge in [0, 0.05) is 4.88 Å². The highest BCUT2D eigenvalue weighted by molar-refractivity contribution is 7.16. The predicted octanol–water partition coefficient (Wildman–Crippen LogP) is 4.20. The molecule has 28 heavy (non-hydrogen) atoms. The van der Waals surface area contributed by atoms with Crippen molar-refractivity contribution in [3.05, 3.63) is 16.0 Å². The molecule has 0 saturated heterocycles. The Morgan fingerprint density at radius 2 is 1.75 bits per heavy atom. The number of ether oxygens (including phenoxy) is 1. The van der Waals surface area contributed by atoms with E-state index in [4.69, 9.17) is 4.74 Å². The van der Waals surface area contributed by atoms with Gasteiger partial charge < -0.3 is 10.1 Å². The van der Waals surface area contributed by atoms with Gasteiger partial charge >= 0.3 is 5.97 Å². The van der Waals surface area contributed by atoms with Gasteiger partial charge in [-0.15, -0.1) is 11.3 Å². The van der Waals surface area contributed by atoms with Crippen molar-refractivity contribution in [3.8, 4) is 6.07 Å². The summed E-state index contributed by atoms with van der Waals surface area (Å²) in [7, 11) is 0. The minimum Gasteiger partial charge on any atom is -0.455 e. The lowest BCUT2D eigenvalue weighted by molar-refractivity contribution is -0.172. The quantitative estimate of drug-likeness (QED) is 0.771. The summed E-state index contributed by atoms with van der Waals surface area (Å²) in [5, 5.41) is 13.0. The molecule has 4 fully saturated rings. The van der Waals surface area contributed by atoms with Crippen LogP contribution in [0.5, 0.6) is 0 Å². The van der Waals surface area contributed by atoms with Gasteiger partial charge in [0.05, 0.1) is 11.0 Å². The molecule has 0 unspecified atom stereocenters. The maximum absolute atomic E-state index is 12.9. The van der Waals surface area contributed by atoms with Gasteiger partial charge in [-0.25, -0.2) is 0 Å². The van der Waals surface area contributed by atoms with Crippen LogP contribution in [-0.2, 0) is 27.2 Å². The van der Waals surface area contributed by atoms with E-state index in [-0.39, 0.29) is 23.9 Å². The minimum absolute atomic E-state index is 0.173. The smallest absolute Gasteiger partial charge is 0.312 e. The fourth-order valence-corrected chi connectivity index (χ4v) is 7.84. The van der Waals surface area contributed by atoms with E-state index in [1.807, 2.05) is 0 Å². The van der Waals surface area contributed by atoms with Gasteiger partial charge in [-0.05, 0) is 87.5 Å². The van der Waals surface area contributed by atoms with Gasteiger partial charge in [-0.3, -0.25) is 9.59 Å². The number of carbonyl (C=O) groups excluding carboxylic acids is 2. The molecule has 1 N–H and O–H groups in total.